The summed E-state index contributed by atoms with van der Waals surface area (Å²) < 4.78 is 5.41. The van der Waals surface area contributed by atoms with Crippen LogP contribution in [0, 0.1) is 17.0 Å². The molecule has 30 heavy (non-hydrogen) atoms. The average molecular weight is 410 g/mol. The summed E-state index contributed by atoms with van der Waals surface area (Å²) in [5.74, 6) is -0.149. The van der Waals surface area contributed by atoms with Crippen molar-refractivity contribution < 1.29 is 14.5 Å². The maximum absolute atomic E-state index is 13.4. The molecule has 4 rings (SSSR count). The van der Waals surface area contributed by atoms with Gasteiger partial charge in [-0.1, -0.05) is 17.7 Å². The fourth-order valence-corrected chi connectivity index (χ4v) is 3.98. The molecule has 2 aromatic rings. The van der Waals surface area contributed by atoms with Crippen molar-refractivity contribution in [2.24, 2.45) is 0 Å². The number of hydrogen-bond donors (Lipinski definition) is 0. The third-order valence-corrected chi connectivity index (χ3v) is 5.74. The van der Waals surface area contributed by atoms with Gasteiger partial charge in [0.15, 0.2) is 0 Å². The summed E-state index contributed by atoms with van der Waals surface area (Å²) in [6.07, 6.45) is 0. The largest absolute Gasteiger partial charge is 0.378 e. The Labute approximate surface area is 175 Å². The molecule has 2 fully saturated rings. The molecule has 8 heteroatoms. The summed E-state index contributed by atoms with van der Waals surface area (Å²) >= 11 is 0. The second-order valence-electron chi connectivity index (χ2n) is 7.67. The third kappa shape index (κ3) is 4.23. The highest BCUT2D eigenvalue weighted by Crippen LogP contribution is 2.28. The summed E-state index contributed by atoms with van der Waals surface area (Å²) in [6, 6.07) is 13.0. The number of morpholine rings is 1. The van der Waals surface area contributed by atoms with E-state index in [2.05, 4.69) is 41.0 Å². The molecule has 8 nitrogen and oxygen atoms in total. The first-order chi connectivity index (χ1) is 14.5. The summed E-state index contributed by atoms with van der Waals surface area (Å²) in [6.45, 7) is 7.19. The lowest BCUT2D eigenvalue weighted by atomic mass is 10.1. The Morgan fingerprint density at radius 3 is 2.23 bits per heavy atom. The number of aryl methyl sites for hydroxylation is 1. The second kappa shape index (κ2) is 8.71. The quantitative estimate of drug-likeness (QED) is 0.570. The number of nitro benzene ring substituents is 1. The Morgan fingerprint density at radius 1 is 0.933 bits per heavy atom. The van der Waals surface area contributed by atoms with Crippen molar-refractivity contribution >= 4 is 23.0 Å². The van der Waals surface area contributed by atoms with Gasteiger partial charge in [0.2, 0.25) is 0 Å². The Hall–Kier alpha value is -3.13. The van der Waals surface area contributed by atoms with E-state index in [-0.39, 0.29) is 11.6 Å². The highest BCUT2D eigenvalue weighted by Gasteiger charge is 2.27. The molecule has 0 N–H and O–H groups in total. The van der Waals surface area contributed by atoms with Gasteiger partial charge in [-0.3, -0.25) is 14.9 Å². The van der Waals surface area contributed by atoms with E-state index in [0.29, 0.717) is 45.0 Å². The molecule has 0 atom stereocenters. The second-order valence-corrected chi connectivity index (χ2v) is 7.67. The van der Waals surface area contributed by atoms with Crippen LogP contribution < -0.4 is 9.80 Å². The average Bonchev–Trinajstić information content (AvgIpc) is 2.79. The Balaban J connectivity index is 1.52. The molecule has 158 valence electrons. The van der Waals surface area contributed by atoms with Crippen LogP contribution in [0.3, 0.4) is 0 Å². The Bertz CT molecular complexity index is 917. The van der Waals surface area contributed by atoms with Crippen molar-refractivity contribution in [1.82, 2.24) is 4.90 Å². The molecule has 2 saturated heterocycles. The number of benzene rings is 2. The van der Waals surface area contributed by atoms with Gasteiger partial charge in [-0.25, -0.2) is 0 Å². The SMILES string of the molecule is Cc1ccc(N2CCN(C(=O)c3cc([N+](=O)[O-])ccc3N3CCOCC3)CC2)cc1. The molecule has 0 spiro atoms. The van der Waals surface area contributed by atoms with E-state index < -0.39 is 4.92 Å². The van der Waals surface area contributed by atoms with Gasteiger partial charge in [-0.05, 0) is 25.1 Å². The summed E-state index contributed by atoms with van der Waals surface area (Å²) in [4.78, 5) is 30.3. The number of nitrogens with zero attached hydrogens (tertiary/aromatic N) is 4. The molecule has 2 aromatic carbocycles. The molecule has 0 aromatic heterocycles. The zero-order valence-electron chi connectivity index (χ0n) is 17.1. The highest BCUT2D eigenvalue weighted by molar-refractivity contribution is 6.00. The topological polar surface area (TPSA) is 79.2 Å². The molecule has 0 unspecified atom stereocenters. The number of carbonyl (C=O) groups excluding carboxylic acids is 1. The first-order valence-corrected chi connectivity index (χ1v) is 10.2. The van der Waals surface area contributed by atoms with Gasteiger partial charge < -0.3 is 19.4 Å². The summed E-state index contributed by atoms with van der Waals surface area (Å²) in [7, 11) is 0. The molecular formula is C22H26N4O4. The standard InChI is InChI=1S/C22H26N4O4/c1-17-2-4-18(5-3-17)23-8-10-25(11-9-23)22(27)20-16-19(26(28)29)6-7-21(20)24-12-14-30-15-13-24/h2-7,16H,8-15H2,1H3. The number of amides is 1. The minimum atomic E-state index is -0.449. The van der Waals surface area contributed by atoms with Crippen molar-refractivity contribution in [2.75, 3.05) is 62.3 Å². The van der Waals surface area contributed by atoms with Gasteiger partial charge in [0.05, 0.1) is 29.4 Å². The minimum absolute atomic E-state index is 0.0614. The van der Waals surface area contributed by atoms with E-state index in [1.807, 2.05) is 0 Å². The lowest BCUT2D eigenvalue weighted by molar-refractivity contribution is -0.384. The molecular weight excluding hydrogens is 384 g/mol. The molecule has 0 saturated carbocycles. The molecule has 2 heterocycles. The van der Waals surface area contributed by atoms with Crippen molar-refractivity contribution in [3.05, 3.63) is 63.7 Å². The Morgan fingerprint density at radius 2 is 1.60 bits per heavy atom. The van der Waals surface area contributed by atoms with Crippen LogP contribution in [0.2, 0.25) is 0 Å². The lowest BCUT2D eigenvalue weighted by Crippen LogP contribution is -2.49. The molecule has 0 bridgehead atoms. The molecule has 1 amide bonds. The molecule has 0 aliphatic carbocycles. The zero-order valence-corrected chi connectivity index (χ0v) is 17.1. The zero-order chi connectivity index (χ0) is 21.1. The predicted octanol–water partition coefficient (Wildman–Crippen LogP) is 2.70. The minimum Gasteiger partial charge on any atom is -0.378 e. The summed E-state index contributed by atoms with van der Waals surface area (Å²) in [5, 5.41) is 11.3. The van der Waals surface area contributed by atoms with E-state index in [4.69, 9.17) is 4.74 Å². The number of piperazine rings is 1. The van der Waals surface area contributed by atoms with Gasteiger partial charge in [-0.2, -0.15) is 0 Å². The number of rotatable bonds is 4. The van der Waals surface area contributed by atoms with E-state index in [1.54, 1.807) is 11.0 Å². The maximum Gasteiger partial charge on any atom is 0.270 e. The van der Waals surface area contributed by atoms with Crippen LogP contribution >= 0.6 is 0 Å². The fourth-order valence-electron chi connectivity index (χ4n) is 3.98. The monoisotopic (exact) mass is 410 g/mol. The van der Waals surface area contributed by atoms with E-state index >= 15 is 0 Å². The van der Waals surface area contributed by atoms with Crippen LogP contribution in [0.5, 0.6) is 0 Å². The third-order valence-electron chi connectivity index (χ3n) is 5.74. The van der Waals surface area contributed by atoms with Crippen LogP contribution in [0.4, 0.5) is 17.1 Å². The first-order valence-electron chi connectivity index (χ1n) is 10.2. The van der Waals surface area contributed by atoms with E-state index in [1.165, 1.54) is 17.7 Å². The maximum atomic E-state index is 13.4. The normalized spacial score (nSPS) is 17.2. The van der Waals surface area contributed by atoms with Crippen molar-refractivity contribution in [3.8, 4) is 0 Å². The number of anilines is 2. The predicted molar refractivity (Wildman–Crippen MR) is 115 cm³/mol. The van der Waals surface area contributed by atoms with Gasteiger partial charge in [0, 0.05) is 57.1 Å². The molecule has 0 radical (unpaired) electrons. The smallest absolute Gasteiger partial charge is 0.270 e. The lowest BCUT2D eigenvalue weighted by Gasteiger charge is -2.37. The van der Waals surface area contributed by atoms with Gasteiger partial charge >= 0.3 is 0 Å². The van der Waals surface area contributed by atoms with Crippen molar-refractivity contribution in [3.63, 3.8) is 0 Å². The number of ether oxygens (including phenoxy) is 1. The fraction of sp³-hybridized carbons (Fsp3) is 0.409. The Kier molecular flexibility index (Phi) is 5.85. The van der Waals surface area contributed by atoms with Gasteiger partial charge in [-0.15, -0.1) is 0 Å². The van der Waals surface area contributed by atoms with Crippen LogP contribution in [0.15, 0.2) is 42.5 Å². The molecule has 2 aliphatic heterocycles. The van der Waals surface area contributed by atoms with E-state index in [0.717, 1.165) is 24.5 Å². The number of non-ortho nitro benzene ring substituents is 1. The molecule has 2 aliphatic rings. The van der Waals surface area contributed by atoms with Gasteiger partial charge in [0.1, 0.15) is 0 Å². The van der Waals surface area contributed by atoms with E-state index in [9.17, 15) is 14.9 Å². The van der Waals surface area contributed by atoms with Gasteiger partial charge in [0.25, 0.3) is 11.6 Å². The van der Waals surface area contributed by atoms with Crippen LogP contribution in [0.25, 0.3) is 0 Å². The number of nitro groups is 1. The van der Waals surface area contributed by atoms with Crippen molar-refractivity contribution in [1.29, 1.82) is 0 Å². The highest BCUT2D eigenvalue weighted by atomic mass is 16.6. The van der Waals surface area contributed by atoms with Crippen LogP contribution in [0.1, 0.15) is 15.9 Å². The van der Waals surface area contributed by atoms with Crippen LogP contribution in [-0.4, -0.2) is 68.2 Å². The van der Waals surface area contributed by atoms with Crippen molar-refractivity contribution in [2.45, 2.75) is 6.92 Å². The first kappa shape index (κ1) is 20.2. The number of carbonyl (C=O) groups is 1. The number of hydrogen-bond acceptors (Lipinski definition) is 6. The summed E-state index contributed by atoms with van der Waals surface area (Å²) in [5.41, 5.74) is 3.45. The van der Waals surface area contributed by atoms with Crippen LogP contribution in [-0.2, 0) is 4.74 Å².